The van der Waals surface area contributed by atoms with Crippen LogP contribution in [-0.2, 0) is 52.3 Å². The minimum Gasteiger partial charge on any atom is -0.870 e. The van der Waals surface area contributed by atoms with E-state index in [0.29, 0.717) is 88.9 Å². The van der Waals surface area contributed by atoms with Gasteiger partial charge in [-0.1, -0.05) is 108 Å². The Morgan fingerprint density at radius 2 is 0.603 bits per heavy atom. The number of rotatable bonds is 20. The molecule has 16 rings (SSSR count). The van der Waals surface area contributed by atoms with Crippen molar-refractivity contribution in [3.05, 3.63) is 285 Å². The molecule has 48 heteroatoms. The molecule has 0 bridgehead atoms. The van der Waals surface area contributed by atoms with E-state index in [4.69, 9.17) is 68.0 Å². The number of likely N-dealkylation sites (N-methyl/N-ethyl adjacent to an activating group) is 3. The van der Waals surface area contributed by atoms with E-state index in [1.807, 2.05) is 14.1 Å². The molecule has 44 nitrogen and oxygen atoms in total. The molecule has 0 saturated carbocycles. The molecule has 10 aromatic rings. The molecule has 3 saturated heterocycles. The number of hydrogen-bond donors (Lipinski definition) is 3. The van der Waals surface area contributed by atoms with Gasteiger partial charge in [0.1, 0.15) is 34.5 Å². The van der Waals surface area contributed by atoms with Gasteiger partial charge in [0.05, 0.1) is 83.6 Å². The number of carboxylic acid groups (broad SMARTS) is 4. The standard InChI is InChI=1S/C18H20ClN6O3.2C18H14O8.2C17H17ClN6O3.Na.H2O/c1-25(2)9-7-23(8-10-25)18(27)28-17-15-14(20-5-6-21-15)16(26)24(17)13-4-3-12(19)11-22-13;2*19-15(20)13(25-17(23)11-7-3-1-4-8-11)14(16(21)22)26-18(24)12-9-5-2-6-10-12;2*1-22-6-8-23(9-7-22)17(26)27-16-14-13(19-4-5-20-14)15(25)24(16)12-3-2-11(18)10-21-12;;/h3-6,11,17H,7-10H2,1-2H3;2*1-10,13-14H,(H,19,20)(H,21,22);2*2-5,10,16H,6-9H2,1H3;;1H2/q+1;;;;;+1;/p-2/t17-;2*13-,14-;16-;;;/m0000.../s1. The van der Waals surface area contributed by atoms with Gasteiger partial charge in [0.2, 0.25) is 37.0 Å². The molecule has 7 atom stereocenters. The van der Waals surface area contributed by atoms with Gasteiger partial charge in [0.25, 0.3) is 17.7 Å². The van der Waals surface area contributed by atoms with Crippen molar-refractivity contribution < 1.29 is 160 Å². The fourth-order valence-electron chi connectivity index (χ4n) is 13.3. The molecule has 4 aromatic carbocycles. The Hall–Kier alpha value is -14.7. The number of ether oxygens (including phenoxy) is 7. The Morgan fingerprint density at radius 3 is 0.846 bits per heavy atom. The van der Waals surface area contributed by atoms with E-state index >= 15 is 0 Å². The summed E-state index contributed by atoms with van der Waals surface area (Å²) in [5.74, 6) is -12.0. The topological polar surface area (TPSA) is 559 Å². The number of aliphatic carboxylic acids is 4. The zero-order valence-electron chi connectivity index (χ0n) is 72.7. The molecule has 6 aliphatic heterocycles. The maximum atomic E-state index is 12.9. The van der Waals surface area contributed by atoms with Crippen molar-refractivity contribution >= 4 is 136 Å². The fourth-order valence-corrected chi connectivity index (χ4v) is 13.6. The van der Waals surface area contributed by atoms with Crippen LogP contribution in [0.25, 0.3) is 0 Å². The maximum Gasteiger partial charge on any atom is 1.00 e. The van der Waals surface area contributed by atoms with Crippen molar-refractivity contribution in [3.63, 3.8) is 0 Å². The number of carbonyl (C=O) groups excluding carboxylic acids is 11. The number of pyridine rings is 3. The van der Waals surface area contributed by atoms with Crippen LogP contribution >= 0.6 is 34.8 Å². The van der Waals surface area contributed by atoms with Gasteiger partial charge in [-0.05, 0) is 99.0 Å². The summed E-state index contributed by atoms with van der Waals surface area (Å²) >= 11 is 17.7. The number of aromatic nitrogens is 9. The maximum absolute atomic E-state index is 12.9. The minimum absolute atomic E-state index is 0. The molecule has 0 radical (unpaired) electrons. The van der Waals surface area contributed by atoms with Crippen LogP contribution in [-0.4, -0.2) is 310 Å². The summed E-state index contributed by atoms with van der Waals surface area (Å²) in [5, 5.41) is 40.3. The first kappa shape index (κ1) is 103. The van der Waals surface area contributed by atoms with E-state index in [0.717, 1.165) is 43.8 Å². The van der Waals surface area contributed by atoms with Crippen molar-refractivity contribution in [3.8, 4) is 0 Å². The number of piperazine rings is 3. The number of amides is 6. The number of nitrogens with zero attached hydrogens (tertiary/aromatic N) is 18. The van der Waals surface area contributed by atoms with Crippen LogP contribution in [0.3, 0.4) is 0 Å². The van der Waals surface area contributed by atoms with Gasteiger partial charge >= 0.3 is 89.6 Å². The fraction of sp³-hybridized carbons (Fsp3) is 0.261. The Morgan fingerprint density at radius 1 is 0.360 bits per heavy atom. The second-order valence-corrected chi connectivity index (χ2v) is 31.5. The Kier molecular flexibility index (Phi) is 36.3. The summed E-state index contributed by atoms with van der Waals surface area (Å²) in [6, 6.07) is 39.1. The Bertz CT molecular complexity index is 5530. The van der Waals surface area contributed by atoms with Crippen LogP contribution in [0.4, 0.5) is 31.8 Å². The van der Waals surface area contributed by atoms with Gasteiger partial charge in [-0.15, -0.1) is 0 Å². The van der Waals surface area contributed by atoms with Crippen molar-refractivity contribution in [2.75, 3.05) is 121 Å². The third kappa shape index (κ3) is 26.2. The van der Waals surface area contributed by atoms with Crippen LogP contribution in [0.2, 0.25) is 15.1 Å². The number of carbonyl (C=O) groups is 14. The van der Waals surface area contributed by atoms with Crippen LogP contribution in [0, 0.1) is 0 Å². The van der Waals surface area contributed by atoms with E-state index in [-0.39, 0.29) is 74.4 Å². The van der Waals surface area contributed by atoms with Gasteiger partial charge in [-0.2, -0.15) is 0 Å². The summed E-state index contributed by atoms with van der Waals surface area (Å²) in [7, 11) is 8.24. The first-order chi connectivity index (χ1) is 64.2. The first-order valence-electron chi connectivity index (χ1n) is 40.5. The largest absolute Gasteiger partial charge is 1.00 e. The first-order valence-corrected chi connectivity index (χ1v) is 41.6. The molecule has 3 fully saturated rings. The Balaban J connectivity index is 0.000000175. The quantitative estimate of drug-likeness (QED) is 0.0425. The van der Waals surface area contributed by atoms with Gasteiger partial charge in [0, 0.05) is 108 Å². The van der Waals surface area contributed by atoms with Crippen LogP contribution in [0.5, 0.6) is 0 Å². The van der Waals surface area contributed by atoms with Crippen LogP contribution in [0.15, 0.2) is 213 Å². The molecule has 0 spiro atoms. The minimum atomic E-state index is -2.33. The van der Waals surface area contributed by atoms with E-state index in [9.17, 15) is 87.5 Å². The monoisotopic (exact) mass is 1930 g/mol. The third-order valence-electron chi connectivity index (χ3n) is 20.6. The van der Waals surface area contributed by atoms with Crippen molar-refractivity contribution in [1.29, 1.82) is 0 Å². The number of halogens is 3. The molecule has 6 aromatic heterocycles. The molecule has 0 aliphatic carbocycles. The number of quaternary nitrogens is 1. The predicted molar refractivity (Wildman–Crippen MR) is 466 cm³/mol. The SMILES string of the molecule is CN1CCN(C(=O)OC2c3nccnc3C(=O)N2c2ccc(Cl)cn2)CC1.CN1CCN(C(=O)O[C@H]2c3nccnc3C(=O)N2c2ccc(Cl)cn2)CC1.C[N+]1(C)CCN(C(=O)O[C@H]2c3nccnc3C(=O)N2c2ccc(Cl)cn2)CC1.O=C(O[C@H](C(=O)O)[C@H](OC(=O)c1ccccc1)C(=O)O)c1ccccc1.O=C(O[C@H](C(=O)[O-])[C@H](OC(=O)c1ccccc1)C(=O)O)c1ccccc1.[Na+].[OH-]. The summed E-state index contributed by atoms with van der Waals surface area (Å²) in [6.07, 6.45) is -0.664. The molecule has 4 N–H and O–H groups in total. The smallest absolute Gasteiger partial charge is 0.870 e. The van der Waals surface area contributed by atoms with Crippen LogP contribution < -0.4 is 49.4 Å². The second kappa shape index (κ2) is 47.8. The van der Waals surface area contributed by atoms with Gasteiger partial charge < -0.3 is 87.9 Å². The average molecular weight is 1940 g/mol. The van der Waals surface area contributed by atoms with Gasteiger partial charge in [-0.25, -0.2) is 92.5 Å². The second-order valence-electron chi connectivity index (χ2n) is 30.2. The van der Waals surface area contributed by atoms with E-state index in [1.165, 1.54) is 168 Å². The van der Waals surface area contributed by atoms with E-state index < -0.39 is 127 Å². The predicted octanol–water partition coefficient (Wildman–Crippen LogP) is 3.55. The molecule has 1 unspecified atom stereocenters. The Labute approximate surface area is 809 Å². The molecular formula is C88H82Cl3N18NaO26. The van der Waals surface area contributed by atoms with Crippen LogP contribution in [0.1, 0.15) is 109 Å². The van der Waals surface area contributed by atoms with Gasteiger partial charge in [0.15, 0.2) is 23.2 Å². The molecule has 6 aliphatic rings. The number of esters is 4. The third-order valence-corrected chi connectivity index (χ3v) is 21.3. The van der Waals surface area contributed by atoms with Crippen molar-refractivity contribution in [1.82, 2.24) is 69.4 Å². The van der Waals surface area contributed by atoms with E-state index in [1.54, 1.807) is 75.4 Å². The number of fused-ring (bicyclic) bond motifs is 3. The zero-order valence-corrected chi connectivity index (χ0v) is 77.0. The van der Waals surface area contributed by atoms with Crippen molar-refractivity contribution in [2.24, 2.45) is 0 Å². The summed E-state index contributed by atoms with van der Waals surface area (Å²) in [5.41, 5.74) is 1.37. The van der Waals surface area contributed by atoms with E-state index in [2.05, 4.69) is 68.8 Å². The summed E-state index contributed by atoms with van der Waals surface area (Å²) in [4.78, 5) is 221. The number of carboxylic acids is 4. The number of hydrogen-bond acceptors (Lipinski definition) is 34. The zero-order chi connectivity index (χ0) is 96.0. The number of benzene rings is 4. The molecule has 136 heavy (non-hydrogen) atoms. The molecule has 12 heterocycles. The molecular weight excluding hydrogens is 1850 g/mol. The summed E-state index contributed by atoms with van der Waals surface area (Å²) < 4.78 is 36.9. The van der Waals surface area contributed by atoms with Crippen molar-refractivity contribution in [2.45, 2.75) is 43.1 Å². The van der Waals surface area contributed by atoms with Gasteiger partial charge in [-0.3, -0.25) is 34.2 Å². The summed E-state index contributed by atoms with van der Waals surface area (Å²) in [6.45, 7) is 8.10. The molecule has 702 valence electrons. The average Bonchev–Trinajstić information content (AvgIpc) is 1.62. The normalized spacial score (nSPS) is 17.0. The molecule has 6 amide bonds. The number of anilines is 3.